The fourth-order valence-electron chi connectivity index (χ4n) is 2.31. The van der Waals surface area contributed by atoms with Crippen LogP contribution in [0.5, 0.6) is 0 Å². The van der Waals surface area contributed by atoms with Gasteiger partial charge < -0.3 is 0 Å². The lowest BCUT2D eigenvalue weighted by Gasteiger charge is -2.27. The van der Waals surface area contributed by atoms with Crippen molar-refractivity contribution < 1.29 is 9.59 Å². The number of likely N-dealkylation sites (tertiary alicyclic amines) is 2. The quantitative estimate of drug-likeness (QED) is 0.671. The maximum atomic E-state index is 11.8. The van der Waals surface area contributed by atoms with Crippen LogP contribution in [0.3, 0.4) is 0 Å². The summed E-state index contributed by atoms with van der Waals surface area (Å²) in [4.78, 5) is 26.7. The Bertz CT molecular complexity index is 259. The molecule has 0 aromatic heterocycles. The van der Waals surface area contributed by atoms with Crippen molar-refractivity contribution in [2.75, 3.05) is 26.2 Å². The first-order chi connectivity index (χ1) is 7.27. The average molecular weight is 210 g/mol. The molecule has 84 valence electrons. The number of rotatable bonds is 2. The zero-order valence-electron chi connectivity index (χ0n) is 9.07. The molecule has 15 heavy (non-hydrogen) atoms. The maximum absolute atomic E-state index is 11.8. The summed E-state index contributed by atoms with van der Waals surface area (Å²) in [6.45, 7) is 3.08. The fourth-order valence-corrected chi connectivity index (χ4v) is 2.31. The molecule has 2 saturated heterocycles. The zero-order chi connectivity index (χ0) is 10.7. The van der Waals surface area contributed by atoms with Gasteiger partial charge >= 0.3 is 0 Å². The van der Waals surface area contributed by atoms with Gasteiger partial charge in [0.2, 0.25) is 11.8 Å². The third-order valence-corrected chi connectivity index (χ3v) is 3.18. The Balaban J connectivity index is 1.82. The van der Waals surface area contributed by atoms with Gasteiger partial charge in [0.25, 0.3) is 0 Å². The minimum atomic E-state index is -0.000556. The van der Waals surface area contributed by atoms with Gasteiger partial charge in [-0.15, -0.1) is 0 Å². The molecule has 2 aliphatic rings. The van der Waals surface area contributed by atoms with E-state index in [-0.39, 0.29) is 11.8 Å². The van der Waals surface area contributed by atoms with Crippen molar-refractivity contribution in [2.45, 2.75) is 32.1 Å². The van der Waals surface area contributed by atoms with E-state index in [0.717, 1.165) is 19.5 Å². The van der Waals surface area contributed by atoms with Crippen LogP contribution < -0.4 is 0 Å². The molecular weight excluding hydrogens is 192 g/mol. The third kappa shape index (κ3) is 2.56. The second-order valence-corrected chi connectivity index (χ2v) is 4.38. The Labute approximate surface area is 90.2 Å². The third-order valence-electron chi connectivity index (χ3n) is 3.18. The van der Waals surface area contributed by atoms with Crippen LogP contribution >= 0.6 is 0 Å². The van der Waals surface area contributed by atoms with Gasteiger partial charge in [0.1, 0.15) is 0 Å². The van der Waals surface area contributed by atoms with E-state index in [0.29, 0.717) is 19.5 Å². The average Bonchev–Trinajstić information content (AvgIpc) is 2.66. The number of hydrogen-bond acceptors (Lipinski definition) is 3. The van der Waals surface area contributed by atoms with Crippen LogP contribution in [-0.2, 0) is 9.59 Å². The smallest absolute Gasteiger partial charge is 0.243 e. The monoisotopic (exact) mass is 210 g/mol. The van der Waals surface area contributed by atoms with Crippen LogP contribution in [-0.4, -0.2) is 47.8 Å². The van der Waals surface area contributed by atoms with E-state index in [2.05, 4.69) is 4.90 Å². The molecular formula is C11H18N2O2. The highest BCUT2D eigenvalue weighted by Gasteiger charge is 2.27. The number of amides is 2. The largest absolute Gasteiger partial charge is 0.294 e. The van der Waals surface area contributed by atoms with Gasteiger partial charge in [-0.3, -0.25) is 19.4 Å². The molecule has 2 heterocycles. The van der Waals surface area contributed by atoms with E-state index in [1.165, 1.54) is 24.2 Å². The lowest BCUT2D eigenvalue weighted by Crippen LogP contribution is -2.42. The molecule has 0 N–H and O–H groups in total. The topological polar surface area (TPSA) is 40.6 Å². The highest BCUT2D eigenvalue weighted by Crippen LogP contribution is 2.12. The number of piperidine rings is 1. The van der Waals surface area contributed by atoms with Gasteiger partial charge in [-0.2, -0.15) is 0 Å². The Hall–Kier alpha value is -0.900. The number of nitrogens with zero attached hydrogens (tertiary/aromatic N) is 2. The first-order valence-electron chi connectivity index (χ1n) is 5.83. The molecule has 0 spiro atoms. The highest BCUT2D eigenvalue weighted by atomic mass is 16.2. The van der Waals surface area contributed by atoms with Gasteiger partial charge in [0, 0.05) is 13.0 Å². The number of carbonyl (C=O) groups excluding carboxylic acids is 2. The predicted molar refractivity (Wildman–Crippen MR) is 56.2 cm³/mol. The van der Waals surface area contributed by atoms with Crippen molar-refractivity contribution >= 4 is 11.8 Å². The summed E-state index contributed by atoms with van der Waals surface area (Å²) in [6, 6.07) is 0. The Morgan fingerprint density at radius 1 is 1.07 bits per heavy atom. The minimum Gasteiger partial charge on any atom is -0.294 e. The molecule has 2 aliphatic heterocycles. The number of hydrogen-bond donors (Lipinski definition) is 0. The lowest BCUT2D eigenvalue weighted by molar-refractivity contribution is -0.142. The molecule has 4 nitrogen and oxygen atoms in total. The van der Waals surface area contributed by atoms with Gasteiger partial charge in [0.15, 0.2) is 0 Å². The van der Waals surface area contributed by atoms with Crippen molar-refractivity contribution in [1.82, 2.24) is 9.80 Å². The van der Waals surface area contributed by atoms with Crippen molar-refractivity contribution in [3.05, 3.63) is 0 Å². The summed E-state index contributed by atoms with van der Waals surface area (Å²) < 4.78 is 0. The molecule has 0 radical (unpaired) electrons. The van der Waals surface area contributed by atoms with Gasteiger partial charge in [-0.05, 0) is 32.4 Å². The highest BCUT2D eigenvalue weighted by molar-refractivity contribution is 5.97. The van der Waals surface area contributed by atoms with E-state index >= 15 is 0 Å². The maximum Gasteiger partial charge on any atom is 0.243 e. The summed E-state index contributed by atoms with van der Waals surface area (Å²) >= 11 is 0. The summed E-state index contributed by atoms with van der Waals surface area (Å²) in [7, 11) is 0. The van der Waals surface area contributed by atoms with Crippen LogP contribution in [0.2, 0.25) is 0 Å². The van der Waals surface area contributed by atoms with Crippen LogP contribution in [0.25, 0.3) is 0 Å². The molecule has 2 fully saturated rings. The molecule has 0 unspecified atom stereocenters. The normalized spacial score (nSPS) is 23.5. The van der Waals surface area contributed by atoms with Crippen LogP contribution in [0.15, 0.2) is 0 Å². The van der Waals surface area contributed by atoms with Crippen molar-refractivity contribution in [3.8, 4) is 0 Å². The molecule has 0 atom stereocenters. The van der Waals surface area contributed by atoms with Crippen molar-refractivity contribution in [2.24, 2.45) is 0 Å². The molecule has 0 aromatic carbocycles. The SMILES string of the molecule is O=C1CCCN1C(=O)CN1CCCCC1. The van der Waals surface area contributed by atoms with Crippen molar-refractivity contribution in [1.29, 1.82) is 0 Å². The first-order valence-corrected chi connectivity index (χ1v) is 5.83. The standard InChI is InChI=1S/C11H18N2O2/c14-10-5-4-8-13(10)11(15)9-12-6-2-1-3-7-12/h1-9H2. The molecule has 0 bridgehead atoms. The first kappa shape index (κ1) is 10.6. The van der Waals surface area contributed by atoms with Gasteiger partial charge in [-0.25, -0.2) is 0 Å². The molecule has 2 rings (SSSR count). The fraction of sp³-hybridized carbons (Fsp3) is 0.818. The Kier molecular flexibility index (Phi) is 3.36. The second kappa shape index (κ2) is 4.75. The summed E-state index contributed by atoms with van der Waals surface area (Å²) in [5.74, 6) is 0.0106. The van der Waals surface area contributed by atoms with E-state index in [9.17, 15) is 9.59 Å². The van der Waals surface area contributed by atoms with Crippen LogP contribution in [0, 0.1) is 0 Å². The summed E-state index contributed by atoms with van der Waals surface area (Å²) in [5.41, 5.74) is 0. The molecule has 0 aromatic rings. The molecule has 2 amide bonds. The number of carbonyl (C=O) groups is 2. The Morgan fingerprint density at radius 2 is 1.80 bits per heavy atom. The molecule has 0 saturated carbocycles. The van der Waals surface area contributed by atoms with Crippen molar-refractivity contribution in [3.63, 3.8) is 0 Å². The summed E-state index contributed by atoms with van der Waals surface area (Å²) in [6.07, 6.45) is 5.02. The van der Waals surface area contributed by atoms with E-state index in [4.69, 9.17) is 0 Å². The summed E-state index contributed by atoms with van der Waals surface area (Å²) in [5, 5.41) is 0. The molecule has 4 heteroatoms. The predicted octanol–water partition coefficient (Wildman–Crippen LogP) is 0.621. The van der Waals surface area contributed by atoms with Crippen LogP contribution in [0.4, 0.5) is 0 Å². The lowest BCUT2D eigenvalue weighted by atomic mass is 10.1. The minimum absolute atomic E-state index is 0.000556. The van der Waals surface area contributed by atoms with E-state index < -0.39 is 0 Å². The molecule has 0 aliphatic carbocycles. The van der Waals surface area contributed by atoms with E-state index in [1.807, 2.05) is 0 Å². The zero-order valence-corrected chi connectivity index (χ0v) is 9.07. The van der Waals surface area contributed by atoms with Gasteiger partial charge in [-0.1, -0.05) is 6.42 Å². The Morgan fingerprint density at radius 3 is 2.40 bits per heavy atom. The van der Waals surface area contributed by atoms with Gasteiger partial charge in [0.05, 0.1) is 6.54 Å². The second-order valence-electron chi connectivity index (χ2n) is 4.38. The van der Waals surface area contributed by atoms with E-state index in [1.54, 1.807) is 0 Å². The number of imide groups is 1. The van der Waals surface area contributed by atoms with Crippen LogP contribution in [0.1, 0.15) is 32.1 Å².